The predicted molar refractivity (Wildman–Crippen MR) is 19.5 cm³/mol. The molecule has 0 heterocycles. The van der Waals surface area contributed by atoms with Gasteiger partial charge < -0.3 is 5.48 Å². The molecule has 0 rings (SSSR count). The van der Waals surface area contributed by atoms with Gasteiger partial charge in [-0.1, -0.05) is 0 Å². The largest absolute Gasteiger partial charge is 0.412 e. The highest BCUT2D eigenvalue weighted by molar-refractivity contribution is 4.85. The lowest BCUT2D eigenvalue weighted by Crippen LogP contribution is -1.47. The van der Waals surface area contributed by atoms with E-state index in [-0.39, 0.29) is 11.9 Å². The fraction of sp³-hybridized carbons (Fsp3) is 0.333. The predicted octanol–water partition coefficient (Wildman–Crippen LogP) is -0.401. The molecule has 0 aromatic rings. The van der Waals surface area contributed by atoms with Crippen molar-refractivity contribution in [1.82, 2.24) is 0 Å². The van der Waals surface area contributed by atoms with Crippen LogP contribution in [-0.2, 0) is 0 Å². The lowest BCUT2D eigenvalue weighted by Gasteiger charge is -1.45. The van der Waals surface area contributed by atoms with Crippen molar-refractivity contribution in [3.63, 3.8) is 0 Å². The molecule has 3 nitrogen and oxygen atoms in total. The molecule has 32 valence electrons. The number of hydrogen-bond donors (Lipinski definition) is 0. The molecule has 0 aliphatic rings. The Kier molecular flexibility index (Phi) is 13.4. The van der Waals surface area contributed by atoms with Crippen molar-refractivity contribution in [2.24, 2.45) is 0 Å². The zero-order valence-corrected chi connectivity index (χ0v) is 3.10. The highest BCUT2D eigenvalue weighted by Gasteiger charge is 1.61. The molecule has 0 fully saturated rings. The third-order valence-electron chi connectivity index (χ3n) is 0.158. The molecule has 0 amide bonds. The molecule has 0 aliphatic heterocycles. The molecular weight excluding hydrogens is 80.0 g/mol. The molecule has 2 N–H and O–H groups in total. The Morgan fingerprint density at radius 2 is 1.50 bits per heavy atom. The molecule has 0 aliphatic carbocycles. The van der Waals surface area contributed by atoms with Gasteiger partial charge in [0.1, 0.15) is 6.42 Å². The van der Waals surface area contributed by atoms with Crippen LogP contribution in [0.15, 0.2) is 0 Å². The van der Waals surface area contributed by atoms with Gasteiger partial charge in [0.2, 0.25) is 0 Å². The van der Waals surface area contributed by atoms with Gasteiger partial charge in [0.05, 0.1) is 12.1 Å². The Morgan fingerprint density at radius 3 is 1.50 bits per heavy atom. The van der Waals surface area contributed by atoms with Gasteiger partial charge in [0, 0.05) is 0 Å². The second kappa shape index (κ2) is 9.05. The second-order valence-corrected chi connectivity index (χ2v) is 0.493. The molecule has 0 spiro atoms. The van der Waals surface area contributed by atoms with Crippen molar-refractivity contribution < 1.29 is 5.48 Å². The maximum Gasteiger partial charge on any atom is 0.122 e. The van der Waals surface area contributed by atoms with Crippen molar-refractivity contribution in [2.75, 3.05) is 0 Å². The van der Waals surface area contributed by atoms with Crippen LogP contribution in [0.5, 0.6) is 0 Å². The average molecular weight is 84.1 g/mol. The summed E-state index contributed by atoms with van der Waals surface area (Å²) in [6.07, 6.45) is 0. The normalized spacial score (nSPS) is 3.67. The smallest absolute Gasteiger partial charge is 0.122 e. The Bertz CT molecular complexity index is 73.9. The van der Waals surface area contributed by atoms with Gasteiger partial charge in [-0.3, -0.25) is 0 Å². The van der Waals surface area contributed by atoms with Crippen molar-refractivity contribution in [1.29, 1.82) is 10.5 Å². The molecule has 6 heavy (non-hydrogen) atoms. The SMILES string of the molecule is N#CCC#N.O. The molecule has 0 unspecified atom stereocenters. The average Bonchev–Trinajstić information content (AvgIpc) is 1.41. The molecule has 3 heteroatoms. The molecule has 0 radical (unpaired) electrons. The van der Waals surface area contributed by atoms with Crippen molar-refractivity contribution in [2.45, 2.75) is 6.42 Å². The summed E-state index contributed by atoms with van der Waals surface area (Å²) >= 11 is 0. The fourth-order valence-electron chi connectivity index (χ4n) is 0.0354. The summed E-state index contributed by atoms with van der Waals surface area (Å²) in [5.41, 5.74) is 0. The third kappa shape index (κ3) is 12.5. The monoisotopic (exact) mass is 84.0 g/mol. The summed E-state index contributed by atoms with van der Waals surface area (Å²) < 4.78 is 0. The summed E-state index contributed by atoms with van der Waals surface area (Å²) in [5, 5.41) is 15.2. The van der Waals surface area contributed by atoms with Gasteiger partial charge >= 0.3 is 0 Å². The van der Waals surface area contributed by atoms with Crippen molar-refractivity contribution in [3.05, 3.63) is 0 Å². The first-order valence-corrected chi connectivity index (χ1v) is 1.15. The van der Waals surface area contributed by atoms with Crippen LogP contribution in [0.1, 0.15) is 6.42 Å². The quantitative estimate of drug-likeness (QED) is 0.400. The molecule has 0 aromatic heterocycles. The van der Waals surface area contributed by atoms with E-state index in [2.05, 4.69) is 0 Å². The molecule has 0 aromatic carbocycles. The van der Waals surface area contributed by atoms with E-state index in [4.69, 9.17) is 10.5 Å². The van der Waals surface area contributed by atoms with Crippen LogP contribution in [-0.4, -0.2) is 5.48 Å². The van der Waals surface area contributed by atoms with E-state index >= 15 is 0 Å². The molecule has 0 saturated heterocycles. The fourth-order valence-corrected chi connectivity index (χ4v) is 0.0354. The highest BCUT2D eigenvalue weighted by Crippen LogP contribution is 1.59. The first-order valence-electron chi connectivity index (χ1n) is 1.15. The lowest BCUT2D eigenvalue weighted by atomic mass is 10.5. The van der Waals surface area contributed by atoms with Crippen LogP contribution in [0.2, 0.25) is 0 Å². The Balaban J connectivity index is 0. The van der Waals surface area contributed by atoms with Gasteiger partial charge in [-0.15, -0.1) is 0 Å². The van der Waals surface area contributed by atoms with E-state index in [9.17, 15) is 0 Å². The summed E-state index contributed by atoms with van der Waals surface area (Å²) in [4.78, 5) is 0. The molecule has 0 saturated carbocycles. The molecule has 0 bridgehead atoms. The Morgan fingerprint density at radius 1 is 1.17 bits per heavy atom. The zero-order valence-electron chi connectivity index (χ0n) is 3.10. The van der Waals surface area contributed by atoms with Crippen LogP contribution >= 0.6 is 0 Å². The summed E-state index contributed by atoms with van der Waals surface area (Å²) in [5.74, 6) is 0. The van der Waals surface area contributed by atoms with Gasteiger partial charge in [-0.2, -0.15) is 10.5 Å². The summed E-state index contributed by atoms with van der Waals surface area (Å²) in [6.45, 7) is 0. The Labute approximate surface area is 35.7 Å². The lowest BCUT2D eigenvalue weighted by molar-refractivity contribution is 0.824. The first kappa shape index (κ1) is 8.87. The number of rotatable bonds is 0. The van der Waals surface area contributed by atoms with E-state index in [1.807, 2.05) is 0 Å². The zero-order chi connectivity index (χ0) is 4.12. The summed E-state index contributed by atoms with van der Waals surface area (Å²) in [7, 11) is 0. The van der Waals surface area contributed by atoms with E-state index in [0.717, 1.165) is 0 Å². The van der Waals surface area contributed by atoms with Crippen LogP contribution in [0.4, 0.5) is 0 Å². The van der Waals surface area contributed by atoms with Crippen LogP contribution in [0, 0.1) is 22.7 Å². The highest BCUT2D eigenvalue weighted by atomic mass is 16.0. The van der Waals surface area contributed by atoms with E-state index in [0.29, 0.717) is 0 Å². The first-order chi connectivity index (χ1) is 2.41. The van der Waals surface area contributed by atoms with E-state index in [1.165, 1.54) is 0 Å². The van der Waals surface area contributed by atoms with E-state index < -0.39 is 0 Å². The maximum atomic E-state index is 7.59. The molecular formula is C3H4N2O. The van der Waals surface area contributed by atoms with Gasteiger partial charge in [-0.25, -0.2) is 0 Å². The van der Waals surface area contributed by atoms with Crippen molar-refractivity contribution in [3.8, 4) is 12.1 Å². The minimum Gasteiger partial charge on any atom is -0.412 e. The number of hydrogen-bond acceptors (Lipinski definition) is 2. The van der Waals surface area contributed by atoms with Crippen LogP contribution in [0.3, 0.4) is 0 Å². The third-order valence-corrected chi connectivity index (χ3v) is 0.158. The topological polar surface area (TPSA) is 79.1 Å². The van der Waals surface area contributed by atoms with Crippen LogP contribution < -0.4 is 0 Å². The van der Waals surface area contributed by atoms with Crippen molar-refractivity contribution >= 4 is 0 Å². The van der Waals surface area contributed by atoms with Gasteiger partial charge in [0.15, 0.2) is 0 Å². The number of nitrogens with zero attached hydrogens (tertiary/aromatic N) is 2. The van der Waals surface area contributed by atoms with Gasteiger partial charge in [-0.05, 0) is 0 Å². The minimum atomic E-state index is 0. The maximum absolute atomic E-state index is 7.59. The number of nitriles is 2. The second-order valence-electron chi connectivity index (χ2n) is 0.493. The summed E-state index contributed by atoms with van der Waals surface area (Å²) in [6, 6.07) is 3.31. The van der Waals surface area contributed by atoms with E-state index in [1.54, 1.807) is 12.1 Å². The van der Waals surface area contributed by atoms with Gasteiger partial charge in [0.25, 0.3) is 0 Å². The minimum absolute atomic E-state index is 0. The van der Waals surface area contributed by atoms with Crippen LogP contribution in [0.25, 0.3) is 0 Å². The Hall–Kier alpha value is -1.06. The molecule has 0 atom stereocenters. The standard InChI is InChI=1S/C3H2N2.H2O/c4-2-1-3-5;/h1H2;1H2.